The van der Waals surface area contributed by atoms with E-state index in [-0.39, 0.29) is 12.1 Å². The molecular weight excluding hydrogens is 346 g/mol. The van der Waals surface area contributed by atoms with Crippen molar-refractivity contribution in [2.75, 3.05) is 19.8 Å². The van der Waals surface area contributed by atoms with Gasteiger partial charge in [0.15, 0.2) is 0 Å². The van der Waals surface area contributed by atoms with Crippen LogP contribution in [0.4, 0.5) is 4.79 Å². The Bertz CT molecular complexity index is 749. The summed E-state index contributed by atoms with van der Waals surface area (Å²) in [7, 11) is 0. The van der Waals surface area contributed by atoms with Gasteiger partial charge in [0.25, 0.3) is 0 Å². The first-order valence-electron chi connectivity index (χ1n) is 9.37. The van der Waals surface area contributed by atoms with E-state index in [2.05, 4.69) is 41.5 Å². The first-order chi connectivity index (χ1) is 12.8. The molecule has 0 bridgehead atoms. The molecular formula is C20H25N3O2S. The highest BCUT2D eigenvalue weighted by atomic mass is 32.1. The van der Waals surface area contributed by atoms with E-state index in [4.69, 9.17) is 4.74 Å². The zero-order valence-electron chi connectivity index (χ0n) is 15.1. The number of thiazole rings is 1. The van der Waals surface area contributed by atoms with E-state index < -0.39 is 0 Å². The number of ether oxygens (including phenoxy) is 1. The number of likely N-dealkylation sites (tertiary alicyclic amines) is 1. The average molecular weight is 372 g/mol. The van der Waals surface area contributed by atoms with Crippen LogP contribution in [0.3, 0.4) is 0 Å². The number of urea groups is 1. The van der Waals surface area contributed by atoms with Crippen LogP contribution in [-0.4, -0.2) is 41.7 Å². The molecule has 0 spiro atoms. The van der Waals surface area contributed by atoms with Crippen LogP contribution in [0.1, 0.15) is 34.7 Å². The predicted molar refractivity (Wildman–Crippen MR) is 102 cm³/mol. The van der Waals surface area contributed by atoms with Crippen molar-refractivity contribution in [3.63, 3.8) is 0 Å². The molecule has 2 amide bonds. The number of rotatable bonds is 4. The third kappa shape index (κ3) is 3.48. The maximum absolute atomic E-state index is 12.9. The van der Waals surface area contributed by atoms with E-state index in [9.17, 15) is 4.79 Å². The van der Waals surface area contributed by atoms with Crippen LogP contribution in [0.25, 0.3) is 0 Å². The minimum Gasteiger partial charge on any atom is -0.381 e. The van der Waals surface area contributed by atoms with E-state index in [1.807, 2.05) is 17.2 Å². The van der Waals surface area contributed by atoms with E-state index >= 15 is 0 Å². The van der Waals surface area contributed by atoms with Crippen LogP contribution < -0.4 is 5.32 Å². The summed E-state index contributed by atoms with van der Waals surface area (Å²) in [6, 6.07) is 10.8. The van der Waals surface area contributed by atoms with Crippen molar-refractivity contribution in [2.24, 2.45) is 5.92 Å². The van der Waals surface area contributed by atoms with Gasteiger partial charge in [-0.25, -0.2) is 9.78 Å². The molecule has 2 aliphatic rings. The smallest absolute Gasteiger partial charge is 0.318 e. The van der Waals surface area contributed by atoms with Gasteiger partial charge in [-0.15, -0.1) is 11.3 Å². The Balaban J connectivity index is 1.45. The Morgan fingerprint density at radius 3 is 3.00 bits per heavy atom. The van der Waals surface area contributed by atoms with Crippen molar-refractivity contribution in [1.29, 1.82) is 0 Å². The molecule has 2 aromatic rings. The van der Waals surface area contributed by atoms with Crippen molar-refractivity contribution in [2.45, 2.75) is 38.3 Å². The average Bonchev–Trinajstić information content (AvgIpc) is 3.31. The molecule has 2 fully saturated rings. The van der Waals surface area contributed by atoms with Crippen molar-refractivity contribution in [3.05, 3.63) is 52.0 Å². The van der Waals surface area contributed by atoms with Crippen molar-refractivity contribution in [3.8, 4) is 0 Å². The second-order valence-electron chi connectivity index (χ2n) is 7.00. The summed E-state index contributed by atoms with van der Waals surface area (Å²) in [5.74, 6) is 0.724. The maximum Gasteiger partial charge on any atom is 0.318 e. The number of aryl methyl sites for hydroxylation is 1. The van der Waals surface area contributed by atoms with Gasteiger partial charge in [0.2, 0.25) is 0 Å². The Morgan fingerprint density at radius 1 is 1.38 bits per heavy atom. The van der Waals surface area contributed by atoms with Gasteiger partial charge in [-0.3, -0.25) is 0 Å². The molecule has 0 saturated carbocycles. The van der Waals surface area contributed by atoms with Crippen LogP contribution in [-0.2, 0) is 17.7 Å². The fourth-order valence-electron chi connectivity index (χ4n) is 4.13. The van der Waals surface area contributed by atoms with Gasteiger partial charge < -0.3 is 15.0 Å². The summed E-state index contributed by atoms with van der Waals surface area (Å²) in [6.07, 6.45) is 3.81. The van der Waals surface area contributed by atoms with Crippen LogP contribution in [0.5, 0.6) is 0 Å². The summed E-state index contributed by atoms with van der Waals surface area (Å²) < 4.78 is 5.74. The first-order valence-corrected chi connectivity index (χ1v) is 10.2. The highest BCUT2D eigenvalue weighted by molar-refractivity contribution is 7.11. The number of carbonyl (C=O) groups is 1. The monoisotopic (exact) mass is 371 g/mol. The maximum atomic E-state index is 12.9. The fourth-order valence-corrected chi connectivity index (χ4v) is 4.94. The quantitative estimate of drug-likeness (QED) is 0.896. The summed E-state index contributed by atoms with van der Waals surface area (Å²) in [6.45, 7) is 4.85. The number of amides is 2. The van der Waals surface area contributed by atoms with Crippen molar-refractivity contribution in [1.82, 2.24) is 15.2 Å². The first kappa shape index (κ1) is 17.5. The van der Waals surface area contributed by atoms with Gasteiger partial charge in [0, 0.05) is 42.1 Å². The van der Waals surface area contributed by atoms with Crippen molar-refractivity contribution < 1.29 is 9.53 Å². The van der Waals surface area contributed by atoms with Crippen LogP contribution in [0.2, 0.25) is 0 Å². The molecule has 2 aliphatic heterocycles. The SMILES string of the molecule is CCc1cnc(CNC(=O)N2CC(c3ccccc3)C3COCCC32)s1. The molecule has 1 aromatic carbocycles. The predicted octanol–water partition coefficient (Wildman–Crippen LogP) is 3.42. The van der Waals surface area contributed by atoms with E-state index in [1.165, 1.54) is 10.4 Å². The standard InChI is InChI=1S/C20H25N3O2S/c1-2-15-10-21-19(26-15)11-22-20(24)23-12-16(14-6-4-3-5-7-14)17-13-25-9-8-18(17)23/h3-7,10,16-18H,2,8-9,11-13H2,1H3,(H,22,24). The number of aromatic nitrogens is 1. The molecule has 26 heavy (non-hydrogen) atoms. The normalized spacial score (nSPS) is 25.1. The molecule has 5 nitrogen and oxygen atoms in total. The van der Waals surface area contributed by atoms with Crippen molar-refractivity contribution >= 4 is 17.4 Å². The lowest BCUT2D eigenvalue weighted by atomic mass is 9.84. The van der Waals surface area contributed by atoms with Crippen LogP contribution in [0, 0.1) is 5.92 Å². The van der Waals surface area contributed by atoms with Gasteiger partial charge in [-0.05, 0) is 18.4 Å². The van der Waals surface area contributed by atoms with Gasteiger partial charge >= 0.3 is 6.03 Å². The third-order valence-electron chi connectivity index (χ3n) is 5.50. The highest BCUT2D eigenvalue weighted by Crippen LogP contribution is 2.40. The molecule has 0 aliphatic carbocycles. The minimum absolute atomic E-state index is 0.0218. The molecule has 3 atom stereocenters. The van der Waals surface area contributed by atoms with E-state index in [1.54, 1.807) is 11.3 Å². The summed E-state index contributed by atoms with van der Waals surface area (Å²) >= 11 is 1.67. The minimum atomic E-state index is 0.0218. The fraction of sp³-hybridized carbons (Fsp3) is 0.500. The van der Waals surface area contributed by atoms with Gasteiger partial charge in [0.05, 0.1) is 13.2 Å². The molecule has 2 saturated heterocycles. The number of nitrogens with one attached hydrogen (secondary N) is 1. The third-order valence-corrected chi connectivity index (χ3v) is 6.64. The summed E-state index contributed by atoms with van der Waals surface area (Å²) in [5, 5.41) is 4.05. The second-order valence-corrected chi connectivity index (χ2v) is 8.20. The molecule has 1 N–H and O–H groups in total. The number of hydrogen-bond donors (Lipinski definition) is 1. The largest absolute Gasteiger partial charge is 0.381 e. The lowest BCUT2D eigenvalue weighted by Gasteiger charge is -2.32. The zero-order valence-corrected chi connectivity index (χ0v) is 15.9. The molecule has 6 heteroatoms. The second kappa shape index (κ2) is 7.76. The van der Waals surface area contributed by atoms with Gasteiger partial charge in [-0.1, -0.05) is 37.3 Å². The Kier molecular flexibility index (Phi) is 5.22. The number of benzene rings is 1. The number of hydrogen-bond acceptors (Lipinski definition) is 4. The molecule has 3 heterocycles. The summed E-state index contributed by atoms with van der Waals surface area (Å²) in [5.41, 5.74) is 1.30. The molecule has 1 aromatic heterocycles. The molecule has 3 unspecified atom stereocenters. The van der Waals surface area contributed by atoms with E-state index in [0.717, 1.165) is 37.6 Å². The Morgan fingerprint density at radius 2 is 2.23 bits per heavy atom. The summed E-state index contributed by atoms with van der Waals surface area (Å²) in [4.78, 5) is 20.6. The molecule has 138 valence electrons. The van der Waals surface area contributed by atoms with Gasteiger partial charge in [-0.2, -0.15) is 0 Å². The topological polar surface area (TPSA) is 54.5 Å². The lowest BCUT2D eigenvalue weighted by Crippen LogP contribution is -2.46. The Labute approximate surface area is 158 Å². The molecule has 4 rings (SSSR count). The van der Waals surface area contributed by atoms with Crippen LogP contribution in [0.15, 0.2) is 36.5 Å². The number of carbonyl (C=O) groups excluding carboxylic acids is 1. The Hall–Kier alpha value is -1.92. The molecule has 0 radical (unpaired) electrons. The number of fused-ring (bicyclic) bond motifs is 1. The van der Waals surface area contributed by atoms with Gasteiger partial charge in [0.1, 0.15) is 5.01 Å². The zero-order chi connectivity index (χ0) is 17.9. The van der Waals surface area contributed by atoms with Crippen LogP contribution >= 0.6 is 11.3 Å². The van der Waals surface area contributed by atoms with E-state index in [0.29, 0.717) is 18.4 Å². The highest BCUT2D eigenvalue weighted by Gasteiger charge is 2.45. The number of nitrogens with zero attached hydrogens (tertiary/aromatic N) is 2. The lowest BCUT2D eigenvalue weighted by molar-refractivity contribution is 0.0261.